The number of Topliss-reactive ketones (excluding diaryl/α,β-unsaturated/α-hetero) is 1. The first-order valence-corrected chi connectivity index (χ1v) is 11.4. The van der Waals surface area contributed by atoms with Gasteiger partial charge in [-0.25, -0.2) is 9.36 Å². The molecule has 156 valence electrons. The standard InChI is InChI=1S/C23H16Cl2N2O3S/c24-14-9-7-13(8-10-14)18(28)12-26-22-20(17-5-2-6-19(17)31-22)21(29)27(23(26)30)16-4-1-3-15(25)11-16/h1,3-4,7-11H,2,5-6,12H2. The number of hydrogen-bond donors (Lipinski definition) is 0. The van der Waals surface area contributed by atoms with Crippen molar-refractivity contribution < 1.29 is 4.79 Å². The molecule has 0 spiro atoms. The number of ketones is 1. The Morgan fingerprint density at radius 1 is 1.00 bits per heavy atom. The Kier molecular flexibility index (Phi) is 5.08. The minimum absolute atomic E-state index is 0.169. The number of aryl methyl sites for hydroxylation is 2. The molecule has 0 radical (unpaired) electrons. The summed E-state index contributed by atoms with van der Waals surface area (Å²) in [5, 5.41) is 1.48. The Morgan fingerprint density at radius 3 is 2.52 bits per heavy atom. The third-order valence-corrected chi connectivity index (χ3v) is 7.32. The van der Waals surface area contributed by atoms with Gasteiger partial charge in [-0.1, -0.05) is 29.3 Å². The largest absolute Gasteiger partial charge is 0.337 e. The van der Waals surface area contributed by atoms with E-state index in [0.717, 1.165) is 34.3 Å². The molecule has 1 aliphatic rings. The summed E-state index contributed by atoms with van der Waals surface area (Å²) in [7, 11) is 0. The van der Waals surface area contributed by atoms with Gasteiger partial charge in [0.15, 0.2) is 5.78 Å². The molecule has 8 heteroatoms. The van der Waals surface area contributed by atoms with E-state index >= 15 is 0 Å². The second-order valence-corrected chi connectivity index (χ2v) is 9.41. The van der Waals surface area contributed by atoms with Crippen LogP contribution >= 0.6 is 34.5 Å². The molecule has 0 fully saturated rings. The molecular formula is C23H16Cl2N2O3S. The normalized spacial score (nSPS) is 13.0. The third-order valence-electron chi connectivity index (χ3n) is 5.52. The first-order valence-electron chi connectivity index (χ1n) is 9.79. The lowest BCUT2D eigenvalue weighted by molar-refractivity contribution is 0.0972. The number of benzene rings is 2. The number of carbonyl (C=O) groups is 1. The van der Waals surface area contributed by atoms with Gasteiger partial charge in [-0.15, -0.1) is 11.3 Å². The molecule has 31 heavy (non-hydrogen) atoms. The minimum atomic E-state index is -0.554. The molecule has 0 saturated carbocycles. The Hall–Kier alpha value is -2.67. The van der Waals surface area contributed by atoms with Crippen LogP contribution in [0.3, 0.4) is 0 Å². The van der Waals surface area contributed by atoms with Gasteiger partial charge >= 0.3 is 5.69 Å². The molecule has 0 amide bonds. The number of rotatable bonds is 4. The smallest absolute Gasteiger partial charge is 0.292 e. The highest BCUT2D eigenvalue weighted by Crippen LogP contribution is 2.35. The Morgan fingerprint density at radius 2 is 1.77 bits per heavy atom. The zero-order valence-electron chi connectivity index (χ0n) is 16.2. The molecule has 2 aromatic heterocycles. The van der Waals surface area contributed by atoms with E-state index in [4.69, 9.17) is 23.2 Å². The highest BCUT2D eigenvalue weighted by Gasteiger charge is 2.26. The Bertz CT molecular complexity index is 1470. The highest BCUT2D eigenvalue weighted by molar-refractivity contribution is 7.19. The molecule has 2 heterocycles. The van der Waals surface area contributed by atoms with Crippen LogP contribution in [0.25, 0.3) is 15.9 Å². The number of aromatic nitrogens is 2. The van der Waals surface area contributed by atoms with E-state index < -0.39 is 5.69 Å². The molecule has 0 bridgehead atoms. The predicted molar refractivity (Wildman–Crippen MR) is 124 cm³/mol. The van der Waals surface area contributed by atoms with E-state index in [9.17, 15) is 14.4 Å². The third kappa shape index (κ3) is 3.45. The summed E-state index contributed by atoms with van der Waals surface area (Å²) in [6.07, 6.45) is 2.66. The molecule has 0 atom stereocenters. The molecule has 0 saturated heterocycles. The molecule has 5 nitrogen and oxygen atoms in total. The van der Waals surface area contributed by atoms with E-state index in [0.29, 0.717) is 31.5 Å². The maximum absolute atomic E-state index is 13.5. The summed E-state index contributed by atoms with van der Waals surface area (Å²) < 4.78 is 2.53. The minimum Gasteiger partial charge on any atom is -0.292 e. The number of hydrogen-bond acceptors (Lipinski definition) is 4. The average molecular weight is 471 g/mol. The van der Waals surface area contributed by atoms with Crippen molar-refractivity contribution in [3.63, 3.8) is 0 Å². The van der Waals surface area contributed by atoms with Crippen molar-refractivity contribution >= 4 is 50.5 Å². The van der Waals surface area contributed by atoms with Crippen molar-refractivity contribution in [3.8, 4) is 5.69 Å². The number of fused-ring (bicyclic) bond motifs is 3. The van der Waals surface area contributed by atoms with Crippen LogP contribution in [-0.2, 0) is 19.4 Å². The van der Waals surface area contributed by atoms with Crippen molar-refractivity contribution in [2.75, 3.05) is 0 Å². The van der Waals surface area contributed by atoms with Crippen molar-refractivity contribution in [1.82, 2.24) is 9.13 Å². The number of halogens is 2. The van der Waals surface area contributed by atoms with Crippen LogP contribution in [0.1, 0.15) is 27.2 Å². The fourth-order valence-corrected chi connectivity index (χ4v) is 5.74. The molecule has 0 aliphatic heterocycles. The summed E-state index contributed by atoms with van der Waals surface area (Å²) in [6.45, 7) is -0.169. The van der Waals surface area contributed by atoms with Crippen molar-refractivity contribution in [3.05, 3.63) is 95.4 Å². The van der Waals surface area contributed by atoms with E-state index in [-0.39, 0.29) is 17.9 Å². The molecular weight excluding hydrogens is 455 g/mol. The number of thiophene rings is 1. The lowest BCUT2D eigenvalue weighted by Crippen LogP contribution is -2.39. The SMILES string of the molecule is O=C(Cn1c(=O)n(-c2cccc(Cl)c2)c(=O)c2c3c(sc21)CCC3)c1ccc(Cl)cc1. The van der Waals surface area contributed by atoms with Crippen LogP contribution in [0.2, 0.25) is 10.0 Å². The predicted octanol–water partition coefficient (Wildman–Crippen LogP) is 4.89. The molecule has 5 rings (SSSR count). The van der Waals surface area contributed by atoms with Crippen molar-refractivity contribution in [1.29, 1.82) is 0 Å². The molecule has 0 N–H and O–H groups in total. The van der Waals surface area contributed by atoms with Gasteiger partial charge < -0.3 is 0 Å². The highest BCUT2D eigenvalue weighted by atomic mass is 35.5. The van der Waals surface area contributed by atoms with Crippen molar-refractivity contribution in [2.45, 2.75) is 25.8 Å². The van der Waals surface area contributed by atoms with Gasteiger partial charge in [-0.2, -0.15) is 0 Å². The molecule has 2 aromatic carbocycles. The van der Waals surface area contributed by atoms with E-state index in [1.807, 2.05) is 0 Å². The van der Waals surface area contributed by atoms with Crippen LogP contribution in [0.4, 0.5) is 0 Å². The average Bonchev–Trinajstić information content (AvgIpc) is 3.33. The topological polar surface area (TPSA) is 61.1 Å². The number of carbonyl (C=O) groups excluding carboxylic acids is 1. The molecule has 4 aromatic rings. The second-order valence-electron chi connectivity index (χ2n) is 7.46. The fraction of sp³-hybridized carbons (Fsp3) is 0.174. The molecule has 0 unspecified atom stereocenters. The van der Waals surface area contributed by atoms with Gasteiger partial charge in [-0.3, -0.25) is 14.2 Å². The quantitative estimate of drug-likeness (QED) is 0.398. The van der Waals surface area contributed by atoms with Gasteiger partial charge in [0.25, 0.3) is 5.56 Å². The van der Waals surface area contributed by atoms with Gasteiger partial charge in [0.05, 0.1) is 17.6 Å². The lowest BCUT2D eigenvalue weighted by atomic mass is 10.1. The van der Waals surface area contributed by atoms with Gasteiger partial charge in [0.2, 0.25) is 0 Å². The monoisotopic (exact) mass is 470 g/mol. The van der Waals surface area contributed by atoms with Crippen LogP contribution in [0.5, 0.6) is 0 Å². The van der Waals surface area contributed by atoms with Gasteiger partial charge in [0, 0.05) is 20.5 Å². The van der Waals surface area contributed by atoms with E-state index in [2.05, 4.69) is 0 Å². The van der Waals surface area contributed by atoms with Crippen LogP contribution in [0, 0.1) is 0 Å². The summed E-state index contributed by atoms with van der Waals surface area (Å²) in [5.41, 5.74) is 0.913. The Balaban J connectivity index is 1.75. The Labute approximate surface area is 191 Å². The van der Waals surface area contributed by atoms with Gasteiger partial charge in [0.1, 0.15) is 4.83 Å². The van der Waals surface area contributed by atoms with E-state index in [1.54, 1.807) is 48.5 Å². The summed E-state index contributed by atoms with van der Waals surface area (Å²) in [4.78, 5) is 41.6. The summed E-state index contributed by atoms with van der Waals surface area (Å²) >= 11 is 13.5. The lowest BCUT2D eigenvalue weighted by Gasteiger charge is -2.12. The van der Waals surface area contributed by atoms with E-state index in [1.165, 1.54) is 15.9 Å². The van der Waals surface area contributed by atoms with Crippen LogP contribution in [-0.4, -0.2) is 14.9 Å². The van der Waals surface area contributed by atoms with Crippen LogP contribution < -0.4 is 11.2 Å². The maximum atomic E-state index is 13.5. The summed E-state index contributed by atoms with van der Waals surface area (Å²) in [6, 6.07) is 13.2. The summed E-state index contributed by atoms with van der Waals surface area (Å²) in [5.74, 6) is -0.232. The van der Waals surface area contributed by atoms with Crippen molar-refractivity contribution in [2.24, 2.45) is 0 Å². The zero-order valence-corrected chi connectivity index (χ0v) is 18.6. The first kappa shape index (κ1) is 20.2. The van der Waals surface area contributed by atoms with Gasteiger partial charge in [-0.05, 0) is 67.3 Å². The second kappa shape index (κ2) is 7.79. The fourth-order valence-electron chi connectivity index (χ4n) is 4.06. The molecule has 1 aliphatic carbocycles. The maximum Gasteiger partial charge on any atom is 0.337 e. The first-order chi connectivity index (χ1) is 14.9. The van der Waals surface area contributed by atoms with Crippen LogP contribution in [0.15, 0.2) is 58.1 Å². The number of nitrogens with zero attached hydrogens (tertiary/aromatic N) is 2. The zero-order chi connectivity index (χ0) is 21.7.